The Hall–Kier alpha value is -1.84. The molecule has 0 aliphatic heterocycles. The SMILES string of the molecule is CNC(=O)C(C)(C)CNC(=O)c1cc(C)c(C#CCN)s1. The highest BCUT2D eigenvalue weighted by molar-refractivity contribution is 7.14. The minimum atomic E-state index is -0.654. The highest BCUT2D eigenvalue weighted by atomic mass is 32.1. The molecule has 21 heavy (non-hydrogen) atoms. The van der Waals surface area contributed by atoms with Gasteiger partial charge < -0.3 is 16.4 Å². The lowest BCUT2D eigenvalue weighted by atomic mass is 9.92. The molecule has 0 aliphatic carbocycles. The maximum absolute atomic E-state index is 12.1. The van der Waals surface area contributed by atoms with Gasteiger partial charge in [0.1, 0.15) is 0 Å². The fourth-order valence-electron chi connectivity index (χ4n) is 1.66. The van der Waals surface area contributed by atoms with Gasteiger partial charge in [-0.15, -0.1) is 11.3 Å². The van der Waals surface area contributed by atoms with Crippen molar-refractivity contribution in [3.63, 3.8) is 0 Å². The number of carbonyl (C=O) groups excluding carboxylic acids is 2. The van der Waals surface area contributed by atoms with Gasteiger partial charge >= 0.3 is 0 Å². The molecule has 0 spiro atoms. The van der Waals surface area contributed by atoms with Crippen molar-refractivity contribution in [2.75, 3.05) is 20.1 Å². The van der Waals surface area contributed by atoms with Crippen LogP contribution in [0.3, 0.4) is 0 Å². The van der Waals surface area contributed by atoms with E-state index < -0.39 is 5.41 Å². The minimum Gasteiger partial charge on any atom is -0.359 e. The molecule has 4 N–H and O–H groups in total. The van der Waals surface area contributed by atoms with Gasteiger partial charge in [0.2, 0.25) is 5.91 Å². The summed E-state index contributed by atoms with van der Waals surface area (Å²) in [5.74, 6) is 5.42. The van der Waals surface area contributed by atoms with Crippen molar-refractivity contribution in [2.24, 2.45) is 11.1 Å². The first-order chi connectivity index (χ1) is 9.81. The van der Waals surface area contributed by atoms with Crippen LogP contribution in [-0.4, -0.2) is 32.0 Å². The molecule has 0 saturated carbocycles. The maximum atomic E-state index is 12.1. The van der Waals surface area contributed by atoms with Crippen LogP contribution in [0.1, 0.15) is 34.0 Å². The molecular weight excluding hydrogens is 286 g/mol. The summed E-state index contributed by atoms with van der Waals surface area (Å²) < 4.78 is 0. The summed E-state index contributed by atoms with van der Waals surface area (Å²) in [7, 11) is 1.58. The number of nitrogens with two attached hydrogens (primary N) is 1. The number of hydrogen-bond donors (Lipinski definition) is 3. The van der Waals surface area contributed by atoms with Gasteiger partial charge in [0.05, 0.1) is 21.7 Å². The lowest BCUT2D eigenvalue weighted by Crippen LogP contribution is -2.43. The van der Waals surface area contributed by atoms with E-state index in [0.29, 0.717) is 11.4 Å². The van der Waals surface area contributed by atoms with Crippen LogP contribution in [0.5, 0.6) is 0 Å². The molecule has 1 heterocycles. The molecule has 0 bridgehead atoms. The predicted octanol–water partition coefficient (Wildman–Crippen LogP) is 0.869. The van der Waals surface area contributed by atoms with Crippen molar-refractivity contribution in [1.82, 2.24) is 10.6 Å². The van der Waals surface area contributed by atoms with Gasteiger partial charge in [-0.3, -0.25) is 9.59 Å². The quantitative estimate of drug-likeness (QED) is 0.722. The van der Waals surface area contributed by atoms with Gasteiger partial charge in [-0.2, -0.15) is 0 Å². The van der Waals surface area contributed by atoms with Gasteiger partial charge in [0, 0.05) is 13.6 Å². The molecule has 0 fully saturated rings. The molecular formula is C15H21N3O2S. The Bertz CT molecular complexity index is 594. The normalized spacial score (nSPS) is 10.5. The van der Waals surface area contributed by atoms with Crippen molar-refractivity contribution in [3.8, 4) is 11.8 Å². The summed E-state index contributed by atoms with van der Waals surface area (Å²) in [6.45, 7) is 6.03. The average molecular weight is 307 g/mol. The molecule has 0 atom stereocenters. The summed E-state index contributed by atoms with van der Waals surface area (Å²) >= 11 is 1.33. The molecule has 5 nitrogen and oxygen atoms in total. The standard InChI is InChI=1S/C15H21N3O2S/c1-10-8-12(21-11(10)6-5-7-16)13(19)18-9-15(2,3)14(20)17-4/h8H,7,9,16H2,1-4H3,(H,17,20)(H,18,19). The zero-order valence-corrected chi connectivity index (χ0v) is 13.6. The number of nitrogens with one attached hydrogen (secondary N) is 2. The molecule has 0 aliphatic rings. The van der Waals surface area contributed by atoms with Gasteiger partial charge in [0.25, 0.3) is 5.91 Å². The third-order valence-electron chi connectivity index (χ3n) is 2.98. The number of rotatable bonds is 4. The molecule has 2 amide bonds. The highest BCUT2D eigenvalue weighted by Crippen LogP contribution is 2.21. The van der Waals surface area contributed by atoms with E-state index >= 15 is 0 Å². The summed E-state index contributed by atoms with van der Waals surface area (Å²) in [5.41, 5.74) is 5.65. The van der Waals surface area contributed by atoms with E-state index in [1.165, 1.54) is 11.3 Å². The summed E-state index contributed by atoms with van der Waals surface area (Å²) in [6, 6.07) is 1.80. The lowest BCUT2D eigenvalue weighted by Gasteiger charge is -2.22. The number of carbonyl (C=O) groups is 2. The van der Waals surface area contributed by atoms with Gasteiger partial charge in [0.15, 0.2) is 0 Å². The van der Waals surface area contributed by atoms with Crippen LogP contribution in [0.2, 0.25) is 0 Å². The Balaban J connectivity index is 2.75. The van der Waals surface area contributed by atoms with E-state index in [4.69, 9.17) is 5.73 Å². The van der Waals surface area contributed by atoms with Crippen LogP contribution in [-0.2, 0) is 4.79 Å². The number of hydrogen-bond acceptors (Lipinski definition) is 4. The number of thiophene rings is 1. The van der Waals surface area contributed by atoms with Crippen LogP contribution < -0.4 is 16.4 Å². The van der Waals surface area contributed by atoms with Crippen molar-refractivity contribution in [2.45, 2.75) is 20.8 Å². The fraction of sp³-hybridized carbons (Fsp3) is 0.467. The van der Waals surface area contributed by atoms with E-state index in [1.54, 1.807) is 27.0 Å². The molecule has 0 saturated heterocycles. The smallest absolute Gasteiger partial charge is 0.261 e. The highest BCUT2D eigenvalue weighted by Gasteiger charge is 2.27. The molecule has 0 aromatic carbocycles. The zero-order chi connectivity index (χ0) is 16.0. The average Bonchev–Trinajstić information content (AvgIpc) is 2.82. The second kappa shape index (κ2) is 7.25. The molecule has 0 radical (unpaired) electrons. The Labute approximate surface area is 129 Å². The Morgan fingerprint density at radius 3 is 2.67 bits per heavy atom. The van der Waals surface area contributed by atoms with Crippen LogP contribution in [0.4, 0.5) is 0 Å². The Morgan fingerprint density at radius 2 is 2.10 bits per heavy atom. The largest absolute Gasteiger partial charge is 0.359 e. The van der Waals surface area contributed by atoms with Gasteiger partial charge in [-0.1, -0.05) is 11.8 Å². The van der Waals surface area contributed by atoms with Crippen LogP contribution >= 0.6 is 11.3 Å². The summed E-state index contributed by atoms with van der Waals surface area (Å²) in [6.07, 6.45) is 0. The molecule has 1 aromatic heterocycles. The predicted molar refractivity (Wildman–Crippen MR) is 85.2 cm³/mol. The number of aryl methyl sites for hydroxylation is 1. The summed E-state index contributed by atoms with van der Waals surface area (Å²) in [4.78, 5) is 25.2. The Kier molecular flexibility index (Phi) is 5.94. The van der Waals surface area contributed by atoms with E-state index in [0.717, 1.165) is 10.4 Å². The van der Waals surface area contributed by atoms with Gasteiger partial charge in [-0.25, -0.2) is 0 Å². The maximum Gasteiger partial charge on any atom is 0.261 e. The van der Waals surface area contributed by atoms with E-state index in [9.17, 15) is 9.59 Å². The van der Waals surface area contributed by atoms with Crippen LogP contribution in [0, 0.1) is 24.2 Å². The molecule has 1 aromatic rings. The molecule has 114 valence electrons. The van der Waals surface area contributed by atoms with E-state index in [1.807, 2.05) is 6.92 Å². The third-order valence-corrected chi connectivity index (χ3v) is 4.13. The van der Waals surface area contributed by atoms with Crippen LogP contribution in [0.25, 0.3) is 0 Å². The van der Waals surface area contributed by atoms with E-state index in [-0.39, 0.29) is 18.4 Å². The molecule has 1 rings (SSSR count). The fourth-order valence-corrected chi connectivity index (χ4v) is 2.62. The monoisotopic (exact) mass is 307 g/mol. The first kappa shape index (κ1) is 17.2. The van der Waals surface area contributed by atoms with Crippen LogP contribution in [0.15, 0.2) is 6.07 Å². The topological polar surface area (TPSA) is 84.2 Å². The van der Waals surface area contributed by atoms with Crippen molar-refractivity contribution in [3.05, 3.63) is 21.4 Å². The van der Waals surface area contributed by atoms with Crippen molar-refractivity contribution in [1.29, 1.82) is 0 Å². The number of amides is 2. The summed E-state index contributed by atoms with van der Waals surface area (Å²) in [5, 5.41) is 5.38. The minimum absolute atomic E-state index is 0.111. The van der Waals surface area contributed by atoms with Gasteiger partial charge in [-0.05, 0) is 32.4 Å². The van der Waals surface area contributed by atoms with E-state index in [2.05, 4.69) is 22.5 Å². The first-order valence-corrected chi connectivity index (χ1v) is 7.43. The second-order valence-corrected chi connectivity index (χ2v) is 6.33. The van der Waals surface area contributed by atoms with Crippen molar-refractivity contribution >= 4 is 23.2 Å². The lowest BCUT2D eigenvalue weighted by molar-refractivity contribution is -0.128. The third kappa shape index (κ3) is 4.59. The molecule has 0 unspecified atom stereocenters. The second-order valence-electron chi connectivity index (χ2n) is 5.27. The Morgan fingerprint density at radius 1 is 1.43 bits per heavy atom. The molecule has 6 heteroatoms. The zero-order valence-electron chi connectivity index (χ0n) is 12.8. The van der Waals surface area contributed by atoms with Crippen molar-refractivity contribution < 1.29 is 9.59 Å². The first-order valence-electron chi connectivity index (χ1n) is 6.61.